The number of hydrogen-bond donors (Lipinski definition) is 2. The zero-order valence-electron chi connectivity index (χ0n) is 18.8. The van der Waals surface area contributed by atoms with Crippen molar-refractivity contribution in [3.8, 4) is 11.8 Å². The molecule has 2 aromatic heterocycles. The Bertz CT molecular complexity index is 1880. The lowest BCUT2D eigenvalue weighted by Gasteiger charge is -2.07. The molecule has 0 aliphatic heterocycles. The molecule has 0 fully saturated rings. The number of aromatic hydroxyl groups is 1. The molecule has 0 bridgehead atoms. The number of pyridine rings is 2. The van der Waals surface area contributed by atoms with Crippen LogP contribution in [0.4, 0.5) is 22.7 Å². The molecular formula is C25H15N7O4S. The number of phenolic OH excluding ortho intramolecular Hbond substituents is 1. The second-order valence-corrected chi connectivity index (χ2v) is 9.07. The number of benzene rings is 3. The fourth-order valence-corrected chi connectivity index (χ4v) is 4.31. The van der Waals surface area contributed by atoms with E-state index in [4.69, 9.17) is 5.26 Å². The summed E-state index contributed by atoms with van der Waals surface area (Å²) in [5.41, 5.74) is 2.10. The predicted octanol–water partition coefficient (Wildman–Crippen LogP) is 6.44. The predicted molar refractivity (Wildman–Crippen MR) is 134 cm³/mol. The summed E-state index contributed by atoms with van der Waals surface area (Å²) in [6, 6.07) is 19.4. The highest BCUT2D eigenvalue weighted by molar-refractivity contribution is 7.86. The van der Waals surface area contributed by atoms with Crippen molar-refractivity contribution in [2.24, 2.45) is 20.5 Å². The summed E-state index contributed by atoms with van der Waals surface area (Å²) in [7, 11) is -4.63. The Labute approximate surface area is 209 Å². The summed E-state index contributed by atoms with van der Waals surface area (Å²) in [5, 5.41) is 36.9. The summed E-state index contributed by atoms with van der Waals surface area (Å²) in [6.45, 7) is 0. The van der Waals surface area contributed by atoms with Crippen LogP contribution < -0.4 is 0 Å². The molecule has 0 amide bonds. The van der Waals surface area contributed by atoms with Crippen LogP contribution in [0.3, 0.4) is 0 Å². The van der Waals surface area contributed by atoms with Gasteiger partial charge in [-0.05, 0) is 66.7 Å². The van der Waals surface area contributed by atoms with Crippen LogP contribution in [-0.4, -0.2) is 28.0 Å². The third-order valence-electron chi connectivity index (χ3n) is 5.35. The summed E-state index contributed by atoms with van der Waals surface area (Å²) in [6.07, 6.45) is 2.94. The zero-order chi connectivity index (χ0) is 26.0. The summed E-state index contributed by atoms with van der Waals surface area (Å²) >= 11 is 0. The first-order chi connectivity index (χ1) is 17.8. The van der Waals surface area contributed by atoms with Crippen molar-refractivity contribution in [1.82, 2.24) is 9.97 Å². The topological polar surface area (TPSA) is 174 Å². The quantitative estimate of drug-likeness (QED) is 0.202. The molecule has 2 heterocycles. The van der Waals surface area contributed by atoms with Gasteiger partial charge in [0.15, 0.2) is 5.75 Å². The van der Waals surface area contributed by atoms with Gasteiger partial charge in [-0.2, -0.15) is 18.8 Å². The number of aromatic nitrogens is 2. The molecule has 3 aromatic carbocycles. The van der Waals surface area contributed by atoms with Crippen LogP contribution >= 0.6 is 0 Å². The third-order valence-corrected chi connectivity index (χ3v) is 6.24. The first-order valence-corrected chi connectivity index (χ1v) is 12.1. The fourth-order valence-electron chi connectivity index (χ4n) is 3.61. The maximum absolute atomic E-state index is 11.9. The van der Waals surface area contributed by atoms with E-state index in [0.717, 1.165) is 6.07 Å². The minimum atomic E-state index is -4.63. The molecule has 12 heteroatoms. The van der Waals surface area contributed by atoms with E-state index >= 15 is 0 Å². The van der Waals surface area contributed by atoms with Crippen molar-refractivity contribution < 1.29 is 18.1 Å². The molecule has 180 valence electrons. The molecule has 0 aliphatic rings. The number of fused-ring (bicyclic) bond motifs is 2. The molecule has 0 saturated carbocycles. The van der Waals surface area contributed by atoms with Crippen LogP contribution in [0.15, 0.2) is 104 Å². The van der Waals surface area contributed by atoms with E-state index in [1.54, 1.807) is 54.7 Å². The summed E-state index contributed by atoms with van der Waals surface area (Å²) in [4.78, 5) is 7.91. The average molecular weight is 510 g/mol. The Morgan fingerprint density at radius 1 is 0.757 bits per heavy atom. The standard InChI is InChI=1S/C25H15N7O4S/c26-14-15-5-7-16(8-6-15)29-30-19-9-10-20(23-17(19)3-1-11-27-23)31-32-21-13-22(37(34,35)36)18-4-2-12-28-24(18)25(21)33/h1-13,33H,(H,34,35,36)/b30-29+,32-31+. The van der Waals surface area contributed by atoms with Gasteiger partial charge in [0, 0.05) is 23.2 Å². The lowest BCUT2D eigenvalue weighted by atomic mass is 10.1. The molecule has 0 saturated heterocycles. The largest absolute Gasteiger partial charge is 0.504 e. The first-order valence-electron chi connectivity index (χ1n) is 10.6. The Hall–Kier alpha value is -5.12. The van der Waals surface area contributed by atoms with E-state index in [-0.39, 0.29) is 16.6 Å². The van der Waals surface area contributed by atoms with Crippen molar-refractivity contribution in [3.63, 3.8) is 0 Å². The first kappa shape index (κ1) is 23.6. The van der Waals surface area contributed by atoms with E-state index in [2.05, 4.69) is 30.4 Å². The maximum Gasteiger partial charge on any atom is 0.295 e. The Morgan fingerprint density at radius 3 is 2.08 bits per heavy atom. The molecule has 0 radical (unpaired) electrons. The van der Waals surface area contributed by atoms with Crippen LogP contribution in [0, 0.1) is 11.3 Å². The molecule has 2 N–H and O–H groups in total. The number of azo groups is 2. The molecule has 0 spiro atoms. The van der Waals surface area contributed by atoms with Gasteiger partial charge < -0.3 is 5.11 Å². The molecule has 11 nitrogen and oxygen atoms in total. The van der Waals surface area contributed by atoms with E-state index in [0.29, 0.717) is 33.5 Å². The van der Waals surface area contributed by atoms with Crippen molar-refractivity contribution in [3.05, 3.63) is 84.7 Å². The summed E-state index contributed by atoms with van der Waals surface area (Å²) < 4.78 is 33.5. The minimum absolute atomic E-state index is 0.0468. The number of rotatable bonds is 5. The van der Waals surface area contributed by atoms with Gasteiger partial charge in [0.2, 0.25) is 0 Å². The van der Waals surface area contributed by atoms with Crippen molar-refractivity contribution in [2.45, 2.75) is 4.90 Å². The molecule has 5 rings (SSSR count). The van der Waals surface area contributed by atoms with Gasteiger partial charge in [0.25, 0.3) is 10.1 Å². The normalized spacial score (nSPS) is 12.0. The van der Waals surface area contributed by atoms with Gasteiger partial charge in [0.05, 0.1) is 28.5 Å². The van der Waals surface area contributed by atoms with Crippen LogP contribution in [-0.2, 0) is 10.1 Å². The molecular weight excluding hydrogens is 494 g/mol. The van der Waals surface area contributed by atoms with Crippen LogP contribution in [0.5, 0.6) is 5.75 Å². The Morgan fingerprint density at radius 2 is 1.38 bits per heavy atom. The van der Waals surface area contributed by atoms with Crippen molar-refractivity contribution in [1.29, 1.82) is 5.26 Å². The van der Waals surface area contributed by atoms with E-state index in [1.165, 1.54) is 18.3 Å². The zero-order valence-corrected chi connectivity index (χ0v) is 19.6. The van der Waals surface area contributed by atoms with Gasteiger partial charge in [-0.3, -0.25) is 14.5 Å². The Balaban J connectivity index is 1.56. The van der Waals surface area contributed by atoms with Crippen molar-refractivity contribution in [2.75, 3.05) is 0 Å². The highest BCUT2D eigenvalue weighted by Crippen LogP contribution is 2.39. The second-order valence-electron chi connectivity index (χ2n) is 7.68. The highest BCUT2D eigenvalue weighted by Gasteiger charge is 2.20. The van der Waals surface area contributed by atoms with Crippen LogP contribution in [0.2, 0.25) is 0 Å². The molecule has 5 aromatic rings. The minimum Gasteiger partial charge on any atom is -0.504 e. The molecule has 37 heavy (non-hydrogen) atoms. The molecule has 0 unspecified atom stereocenters. The van der Waals surface area contributed by atoms with Crippen LogP contribution in [0.1, 0.15) is 5.56 Å². The van der Waals surface area contributed by atoms with Crippen molar-refractivity contribution >= 4 is 54.7 Å². The monoisotopic (exact) mass is 509 g/mol. The van der Waals surface area contributed by atoms with Gasteiger partial charge >= 0.3 is 0 Å². The number of nitrogens with zero attached hydrogens (tertiary/aromatic N) is 7. The van der Waals surface area contributed by atoms with E-state index in [9.17, 15) is 18.1 Å². The van der Waals surface area contributed by atoms with Gasteiger partial charge in [-0.1, -0.05) is 0 Å². The molecule has 0 aliphatic carbocycles. The van der Waals surface area contributed by atoms with E-state index < -0.39 is 20.8 Å². The lowest BCUT2D eigenvalue weighted by molar-refractivity contribution is 0.479. The lowest BCUT2D eigenvalue weighted by Crippen LogP contribution is -1.99. The SMILES string of the molecule is N#Cc1ccc(/N=N/c2ccc(/N=N/c3cc(S(=O)(=O)O)c4cccnc4c3O)c3ncccc23)cc1. The van der Waals surface area contributed by atoms with Gasteiger partial charge in [-0.25, -0.2) is 0 Å². The number of nitriles is 1. The number of hydrogen-bond acceptors (Lipinski definition) is 10. The Kier molecular flexibility index (Phi) is 6.06. The smallest absolute Gasteiger partial charge is 0.295 e. The van der Waals surface area contributed by atoms with Gasteiger partial charge in [-0.15, -0.1) is 15.3 Å². The molecule has 0 atom stereocenters. The fraction of sp³-hybridized carbons (Fsp3) is 0. The maximum atomic E-state index is 11.9. The summed E-state index contributed by atoms with van der Waals surface area (Å²) in [5.74, 6) is -0.392. The average Bonchev–Trinajstić information content (AvgIpc) is 2.91. The third kappa shape index (κ3) is 4.72. The highest BCUT2D eigenvalue weighted by atomic mass is 32.2. The van der Waals surface area contributed by atoms with Gasteiger partial charge in [0.1, 0.15) is 21.8 Å². The van der Waals surface area contributed by atoms with E-state index in [1.807, 2.05) is 6.07 Å². The second kappa shape index (κ2) is 9.50. The number of phenols is 1. The van der Waals surface area contributed by atoms with Crippen LogP contribution in [0.25, 0.3) is 21.8 Å².